The van der Waals surface area contributed by atoms with Crippen LogP contribution in [0.4, 0.5) is 0 Å². The Hall–Kier alpha value is -3.78. The van der Waals surface area contributed by atoms with E-state index in [1.165, 1.54) is 6.07 Å². The summed E-state index contributed by atoms with van der Waals surface area (Å²) in [7, 11) is 0. The quantitative estimate of drug-likeness (QED) is 0.295. The van der Waals surface area contributed by atoms with E-state index >= 15 is 0 Å². The van der Waals surface area contributed by atoms with Gasteiger partial charge in [0.05, 0.1) is 16.6 Å². The van der Waals surface area contributed by atoms with Gasteiger partial charge in [-0.05, 0) is 73.6 Å². The summed E-state index contributed by atoms with van der Waals surface area (Å²) in [5.41, 5.74) is 4.91. The summed E-state index contributed by atoms with van der Waals surface area (Å²) in [6.07, 6.45) is 1.61. The number of aromatic nitrogens is 3. The minimum atomic E-state index is -1.05. The van der Waals surface area contributed by atoms with Crippen LogP contribution >= 0.6 is 11.8 Å². The number of nitrogens with zero attached hydrogens (tertiary/aromatic N) is 2. The monoisotopic (exact) mass is 433 g/mol. The SMILES string of the molecule is Cc1cc(/C=C(\Sc2nc3ccccc3[nH]2)C(=O)O)c(C)n1-c1cccc(C(=O)O)c1. The molecule has 0 atom stereocenters. The average Bonchev–Trinajstić information content (AvgIpc) is 3.27. The molecule has 2 heterocycles. The summed E-state index contributed by atoms with van der Waals surface area (Å²) in [6, 6.07) is 16.0. The number of imidazole rings is 1. The van der Waals surface area contributed by atoms with Crippen LogP contribution in [0.15, 0.2) is 64.7 Å². The number of benzene rings is 2. The lowest BCUT2D eigenvalue weighted by molar-refractivity contribution is -0.131. The van der Waals surface area contributed by atoms with Gasteiger partial charge in [-0.3, -0.25) is 0 Å². The zero-order chi connectivity index (χ0) is 22.1. The second-order valence-corrected chi connectivity index (χ2v) is 8.02. The molecule has 0 radical (unpaired) electrons. The number of nitrogens with one attached hydrogen (secondary N) is 1. The second kappa shape index (κ2) is 8.16. The number of H-pyrrole nitrogens is 1. The molecule has 156 valence electrons. The lowest BCUT2D eigenvalue weighted by atomic mass is 10.2. The van der Waals surface area contributed by atoms with Gasteiger partial charge in [0, 0.05) is 17.1 Å². The van der Waals surface area contributed by atoms with E-state index in [0.29, 0.717) is 10.8 Å². The van der Waals surface area contributed by atoms with Crippen molar-refractivity contribution >= 4 is 40.8 Å². The molecule has 0 aliphatic carbocycles. The predicted octanol–water partition coefficient (Wildman–Crippen LogP) is 4.89. The van der Waals surface area contributed by atoms with Crippen LogP contribution in [0.25, 0.3) is 22.8 Å². The molecule has 0 spiro atoms. The summed E-state index contributed by atoms with van der Waals surface area (Å²) in [5.74, 6) is -2.05. The number of carboxylic acid groups (broad SMARTS) is 2. The number of thioether (sulfide) groups is 1. The third-order valence-electron chi connectivity index (χ3n) is 4.89. The number of hydrogen-bond acceptors (Lipinski definition) is 4. The molecule has 31 heavy (non-hydrogen) atoms. The van der Waals surface area contributed by atoms with E-state index in [0.717, 1.165) is 39.7 Å². The largest absolute Gasteiger partial charge is 0.478 e. The van der Waals surface area contributed by atoms with Gasteiger partial charge in [0.2, 0.25) is 0 Å². The highest BCUT2D eigenvalue weighted by Gasteiger charge is 2.16. The van der Waals surface area contributed by atoms with Gasteiger partial charge in [-0.1, -0.05) is 18.2 Å². The van der Waals surface area contributed by atoms with Crippen LogP contribution in [0.3, 0.4) is 0 Å². The van der Waals surface area contributed by atoms with Gasteiger partial charge in [0.15, 0.2) is 5.16 Å². The third-order valence-corrected chi connectivity index (χ3v) is 5.79. The Balaban J connectivity index is 1.72. The maximum Gasteiger partial charge on any atom is 0.342 e. The van der Waals surface area contributed by atoms with Crippen LogP contribution in [0.1, 0.15) is 27.3 Å². The van der Waals surface area contributed by atoms with Crippen molar-refractivity contribution in [3.63, 3.8) is 0 Å². The number of carboxylic acids is 2. The average molecular weight is 433 g/mol. The Morgan fingerprint density at radius 1 is 1.06 bits per heavy atom. The highest BCUT2D eigenvalue weighted by molar-refractivity contribution is 8.04. The predicted molar refractivity (Wildman–Crippen MR) is 120 cm³/mol. The van der Waals surface area contributed by atoms with Crippen LogP contribution in [0.2, 0.25) is 0 Å². The van der Waals surface area contributed by atoms with E-state index < -0.39 is 11.9 Å². The smallest absolute Gasteiger partial charge is 0.342 e. The zero-order valence-electron chi connectivity index (χ0n) is 16.8. The fraction of sp³-hybridized carbons (Fsp3) is 0.0870. The van der Waals surface area contributed by atoms with E-state index in [9.17, 15) is 19.8 Å². The topological polar surface area (TPSA) is 108 Å². The molecule has 0 aliphatic heterocycles. The van der Waals surface area contributed by atoms with Crippen molar-refractivity contribution in [1.82, 2.24) is 14.5 Å². The maximum atomic E-state index is 11.9. The lowest BCUT2D eigenvalue weighted by Gasteiger charge is -2.10. The molecule has 0 amide bonds. The van der Waals surface area contributed by atoms with E-state index in [1.807, 2.05) is 54.8 Å². The molecule has 0 aliphatic rings. The van der Waals surface area contributed by atoms with Gasteiger partial charge >= 0.3 is 11.9 Å². The van der Waals surface area contributed by atoms with Crippen molar-refractivity contribution in [3.8, 4) is 5.69 Å². The van der Waals surface area contributed by atoms with Crippen LogP contribution in [0, 0.1) is 13.8 Å². The second-order valence-electron chi connectivity index (χ2n) is 6.99. The first-order valence-electron chi connectivity index (χ1n) is 9.44. The lowest BCUT2D eigenvalue weighted by Crippen LogP contribution is -2.03. The first kappa shape index (κ1) is 20.5. The minimum Gasteiger partial charge on any atom is -0.478 e. The molecule has 0 saturated carbocycles. The van der Waals surface area contributed by atoms with Crippen LogP contribution in [-0.4, -0.2) is 36.7 Å². The van der Waals surface area contributed by atoms with Crippen molar-refractivity contribution in [2.75, 3.05) is 0 Å². The number of para-hydroxylation sites is 2. The number of aliphatic carboxylic acids is 1. The summed E-state index contributed by atoms with van der Waals surface area (Å²) in [4.78, 5) is 30.9. The molecule has 2 aromatic carbocycles. The van der Waals surface area contributed by atoms with E-state index in [1.54, 1.807) is 18.2 Å². The van der Waals surface area contributed by atoms with Crippen molar-refractivity contribution in [2.45, 2.75) is 19.0 Å². The van der Waals surface area contributed by atoms with Crippen molar-refractivity contribution in [2.24, 2.45) is 0 Å². The van der Waals surface area contributed by atoms with Gasteiger partial charge < -0.3 is 19.8 Å². The van der Waals surface area contributed by atoms with Crippen molar-refractivity contribution in [1.29, 1.82) is 0 Å². The summed E-state index contributed by atoms with van der Waals surface area (Å²) in [6.45, 7) is 3.77. The van der Waals surface area contributed by atoms with Gasteiger partial charge in [-0.2, -0.15) is 0 Å². The first-order valence-corrected chi connectivity index (χ1v) is 10.3. The Kier molecular flexibility index (Phi) is 5.39. The molecule has 0 bridgehead atoms. The summed E-state index contributed by atoms with van der Waals surface area (Å²) >= 11 is 1.05. The minimum absolute atomic E-state index is 0.124. The molecule has 4 rings (SSSR count). The van der Waals surface area contributed by atoms with Gasteiger partial charge in [0.1, 0.15) is 4.91 Å². The fourth-order valence-corrected chi connectivity index (χ4v) is 4.25. The molecule has 3 N–H and O–H groups in total. The van der Waals surface area contributed by atoms with E-state index in [2.05, 4.69) is 9.97 Å². The van der Waals surface area contributed by atoms with E-state index in [-0.39, 0.29) is 10.5 Å². The van der Waals surface area contributed by atoms with Crippen LogP contribution in [-0.2, 0) is 4.79 Å². The van der Waals surface area contributed by atoms with Crippen LogP contribution < -0.4 is 0 Å². The molecule has 8 heteroatoms. The Morgan fingerprint density at radius 3 is 2.55 bits per heavy atom. The third kappa shape index (κ3) is 4.10. The molecular formula is C23H19N3O4S. The molecule has 2 aromatic heterocycles. The summed E-state index contributed by atoms with van der Waals surface area (Å²) < 4.78 is 1.91. The van der Waals surface area contributed by atoms with E-state index in [4.69, 9.17) is 0 Å². The summed E-state index contributed by atoms with van der Waals surface area (Å²) in [5, 5.41) is 19.5. The van der Waals surface area contributed by atoms with Crippen molar-refractivity contribution < 1.29 is 19.8 Å². The normalized spacial score (nSPS) is 11.7. The molecular weight excluding hydrogens is 414 g/mol. The number of fused-ring (bicyclic) bond motifs is 1. The Bertz CT molecular complexity index is 1320. The number of aromatic carboxylic acids is 1. The standard InChI is InChI=1S/C23H19N3O4S/c1-13-10-16(14(2)26(13)17-7-5-6-15(11-17)21(27)28)12-20(22(29)30)31-23-24-18-8-3-4-9-19(18)25-23/h3-12H,1-2H3,(H,24,25)(H,27,28)(H,29,30)/b20-12-. The first-order chi connectivity index (χ1) is 14.8. The molecule has 4 aromatic rings. The molecule has 0 unspecified atom stereocenters. The Morgan fingerprint density at radius 2 is 1.84 bits per heavy atom. The zero-order valence-corrected chi connectivity index (χ0v) is 17.6. The molecule has 7 nitrogen and oxygen atoms in total. The number of carbonyl (C=O) groups is 2. The number of hydrogen-bond donors (Lipinski definition) is 3. The number of aryl methyl sites for hydroxylation is 1. The molecule has 0 saturated heterocycles. The highest BCUT2D eigenvalue weighted by Crippen LogP contribution is 2.30. The van der Waals surface area contributed by atoms with Crippen LogP contribution in [0.5, 0.6) is 0 Å². The van der Waals surface area contributed by atoms with Gasteiger partial charge in [0.25, 0.3) is 0 Å². The highest BCUT2D eigenvalue weighted by atomic mass is 32.2. The van der Waals surface area contributed by atoms with Crippen molar-refractivity contribution in [3.05, 3.63) is 82.0 Å². The van der Waals surface area contributed by atoms with Gasteiger partial charge in [-0.15, -0.1) is 0 Å². The Labute approximate surface area is 182 Å². The fourth-order valence-electron chi connectivity index (χ4n) is 3.47. The molecule has 0 fully saturated rings. The van der Waals surface area contributed by atoms with Gasteiger partial charge in [-0.25, -0.2) is 14.6 Å². The maximum absolute atomic E-state index is 11.9. The number of rotatable bonds is 6. The number of aromatic amines is 1.